The zero-order chi connectivity index (χ0) is 19.5. The summed E-state index contributed by atoms with van der Waals surface area (Å²) >= 11 is 0. The number of hydrazone groups is 1. The SMILES string of the molecule is C=CCOc1ccc(/C=N\NC(=O)COc2ccc(OC)cc2)cc1OC. The van der Waals surface area contributed by atoms with Crippen molar-refractivity contribution in [3.05, 3.63) is 60.7 Å². The number of nitrogens with zero attached hydrogens (tertiary/aromatic N) is 1. The fraction of sp³-hybridized carbons (Fsp3) is 0.200. The van der Waals surface area contributed by atoms with Crippen LogP contribution in [0, 0.1) is 0 Å². The first-order valence-corrected chi connectivity index (χ1v) is 8.16. The fourth-order valence-corrected chi connectivity index (χ4v) is 2.06. The highest BCUT2D eigenvalue weighted by atomic mass is 16.5. The molecule has 0 heterocycles. The Labute approximate surface area is 158 Å². The first-order chi connectivity index (χ1) is 13.2. The quantitative estimate of drug-likeness (QED) is 0.395. The molecule has 0 aliphatic carbocycles. The van der Waals surface area contributed by atoms with Gasteiger partial charge in [0.15, 0.2) is 18.1 Å². The number of amides is 1. The van der Waals surface area contributed by atoms with E-state index in [0.717, 1.165) is 5.56 Å². The van der Waals surface area contributed by atoms with E-state index in [0.29, 0.717) is 29.6 Å². The Bertz CT molecular complexity index is 787. The van der Waals surface area contributed by atoms with Crippen LogP contribution < -0.4 is 24.4 Å². The van der Waals surface area contributed by atoms with Crippen LogP contribution >= 0.6 is 0 Å². The Morgan fingerprint density at radius 3 is 2.44 bits per heavy atom. The van der Waals surface area contributed by atoms with Crippen molar-refractivity contribution in [3.8, 4) is 23.0 Å². The summed E-state index contributed by atoms with van der Waals surface area (Å²) in [5.74, 6) is 2.07. The van der Waals surface area contributed by atoms with Gasteiger partial charge in [-0.15, -0.1) is 0 Å². The molecule has 2 aromatic carbocycles. The third-order valence-electron chi connectivity index (χ3n) is 3.38. The lowest BCUT2D eigenvalue weighted by molar-refractivity contribution is -0.123. The summed E-state index contributed by atoms with van der Waals surface area (Å²) in [5.41, 5.74) is 3.15. The first kappa shape index (κ1) is 19.8. The maximum atomic E-state index is 11.8. The number of carbonyl (C=O) groups is 1. The molecule has 0 radical (unpaired) electrons. The second-order valence-corrected chi connectivity index (χ2v) is 5.27. The minimum atomic E-state index is -0.375. The van der Waals surface area contributed by atoms with Gasteiger partial charge < -0.3 is 18.9 Å². The summed E-state index contributed by atoms with van der Waals surface area (Å²) in [5, 5.41) is 3.91. The molecule has 2 rings (SSSR count). The van der Waals surface area contributed by atoms with Crippen molar-refractivity contribution in [2.24, 2.45) is 5.10 Å². The smallest absolute Gasteiger partial charge is 0.277 e. The summed E-state index contributed by atoms with van der Waals surface area (Å²) in [4.78, 5) is 11.8. The van der Waals surface area contributed by atoms with Crippen molar-refractivity contribution < 1.29 is 23.7 Å². The maximum Gasteiger partial charge on any atom is 0.277 e. The maximum absolute atomic E-state index is 11.8. The van der Waals surface area contributed by atoms with E-state index < -0.39 is 0 Å². The van der Waals surface area contributed by atoms with Crippen molar-refractivity contribution in [1.29, 1.82) is 0 Å². The zero-order valence-electron chi connectivity index (χ0n) is 15.3. The van der Waals surface area contributed by atoms with Crippen LogP contribution in [0.2, 0.25) is 0 Å². The average Bonchev–Trinajstić information content (AvgIpc) is 2.71. The van der Waals surface area contributed by atoms with Gasteiger partial charge in [0.05, 0.1) is 20.4 Å². The van der Waals surface area contributed by atoms with Crippen molar-refractivity contribution in [2.45, 2.75) is 0 Å². The van der Waals surface area contributed by atoms with Crippen molar-refractivity contribution in [2.75, 3.05) is 27.4 Å². The highest BCUT2D eigenvalue weighted by Gasteiger charge is 2.05. The Kier molecular flexibility index (Phi) is 7.71. The molecule has 0 spiro atoms. The predicted octanol–water partition coefficient (Wildman–Crippen LogP) is 2.80. The molecule has 2 aromatic rings. The normalized spacial score (nSPS) is 10.3. The number of benzene rings is 2. The number of ether oxygens (including phenoxy) is 4. The summed E-state index contributed by atoms with van der Waals surface area (Å²) in [6, 6.07) is 12.3. The van der Waals surface area contributed by atoms with Gasteiger partial charge in [0, 0.05) is 0 Å². The minimum Gasteiger partial charge on any atom is -0.497 e. The summed E-state index contributed by atoms with van der Waals surface area (Å²) in [7, 11) is 3.13. The lowest BCUT2D eigenvalue weighted by Crippen LogP contribution is -2.24. The summed E-state index contributed by atoms with van der Waals surface area (Å²) in [6.07, 6.45) is 3.16. The molecule has 0 aromatic heterocycles. The molecule has 0 saturated carbocycles. The highest BCUT2D eigenvalue weighted by molar-refractivity contribution is 5.83. The molecule has 7 nitrogen and oxygen atoms in total. The standard InChI is InChI=1S/C20H22N2O5/c1-4-11-26-18-10-5-15(12-19(18)25-3)13-21-22-20(23)14-27-17-8-6-16(24-2)7-9-17/h4-10,12-13H,1,11,14H2,2-3H3,(H,22,23)/b21-13-. The molecular weight excluding hydrogens is 348 g/mol. The van der Waals surface area contributed by atoms with Crippen LogP contribution in [0.1, 0.15) is 5.56 Å². The van der Waals surface area contributed by atoms with E-state index in [1.165, 1.54) is 6.21 Å². The van der Waals surface area contributed by atoms with Crippen LogP contribution in [-0.2, 0) is 4.79 Å². The van der Waals surface area contributed by atoms with Crippen molar-refractivity contribution in [3.63, 3.8) is 0 Å². The molecule has 1 amide bonds. The molecule has 0 saturated heterocycles. The summed E-state index contributed by atoms with van der Waals surface area (Å²) in [6.45, 7) is 3.84. The monoisotopic (exact) mass is 370 g/mol. The van der Waals surface area contributed by atoms with E-state index in [2.05, 4.69) is 17.1 Å². The fourth-order valence-electron chi connectivity index (χ4n) is 2.06. The second kappa shape index (κ2) is 10.5. The van der Waals surface area contributed by atoms with Gasteiger partial charge >= 0.3 is 0 Å². The van der Waals surface area contributed by atoms with Gasteiger partial charge in [-0.3, -0.25) is 4.79 Å². The third-order valence-corrected chi connectivity index (χ3v) is 3.38. The summed E-state index contributed by atoms with van der Waals surface area (Å²) < 4.78 is 21.2. The van der Waals surface area contributed by atoms with Crippen LogP contribution in [0.15, 0.2) is 60.2 Å². The average molecular weight is 370 g/mol. The molecule has 7 heteroatoms. The second-order valence-electron chi connectivity index (χ2n) is 5.27. The van der Waals surface area contributed by atoms with E-state index in [4.69, 9.17) is 18.9 Å². The zero-order valence-corrected chi connectivity index (χ0v) is 15.3. The van der Waals surface area contributed by atoms with E-state index in [9.17, 15) is 4.79 Å². The van der Waals surface area contributed by atoms with Crippen LogP contribution in [0.4, 0.5) is 0 Å². The topological polar surface area (TPSA) is 78.4 Å². The number of hydrogen-bond donors (Lipinski definition) is 1. The van der Waals surface area contributed by atoms with Gasteiger partial charge in [-0.25, -0.2) is 5.43 Å². The third kappa shape index (κ3) is 6.39. The first-order valence-electron chi connectivity index (χ1n) is 8.16. The van der Waals surface area contributed by atoms with Crippen molar-refractivity contribution >= 4 is 12.1 Å². The lowest BCUT2D eigenvalue weighted by atomic mass is 10.2. The van der Waals surface area contributed by atoms with Crippen LogP contribution in [0.5, 0.6) is 23.0 Å². The molecule has 0 fully saturated rings. The lowest BCUT2D eigenvalue weighted by Gasteiger charge is -2.09. The van der Waals surface area contributed by atoms with Gasteiger partial charge in [0.2, 0.25) is 0 Å². The number of hydrogen-bond acceptors (Lipinski definition) is 6. The molecule has 0 unspecified atom stereocenters. The van der Waals surface area contributed by atoms with Crippen LogP contribution in [0.25, 0.3) is 0 Å². The van der Waals surface area contributed by atoms with E-state index in [1.54, 1.807) is 62.8 Å². The Balaban J connectivity index is 1.84. The largest absolute Gasteiger partial charge is 0.497 e. The Hall–Kier alpha value is -3.48. The number of nitrogens with one attached hydrogen (secondary N) is 1. The highest BCUT2D eigenvalue weighted by Crippen LogP contribution is 2.27. The Morgan fingerprint density at radius 2 is 1.78 bits per heavy atom. The van der Waals surface area contributed by atoms with Crippen molar-refractivity contribution in [1.82, 2.24) is 5.43 Å². The number of rotatable bonds is 10. The molecule has 0 aliphatic heterocycles. The van der Waals surface area contributed by atoms with Gasteiger partial charge in [0.25, 0.3) is 5.91 Å². The number of carbonyl (C=O) groups excluding carboxylic acids is 1. The molecule has 142 valence electrons. The van der Waals surface area contributed by atoms with Gasteiger partial charge in [0.1, 0.15) is 18.1 Å². The van der Waals surface area contributed by atoms with Gasteiger partial charge in [-0.05, 0) is 48.0 Å². The van der Waals surface area contributed by atoms with E-state index in [1.807, 2.05) is 0 Å². The molecule has 0 atom stereocenters. The Morgan fingerprint density at radius 1 is 1.04 bits per heavy atom. The van der Waals surface area contributed by atoms with E-state index in [-0.39, 0.29) is 12.5 Å². The molecule has 1 N–H and O–H groups in total. The molecular formula is C20H22N2O5. The van der Waals surface area contributed by atoms with Crippen LogP contribution in [0.3, 0.4) is 0 Å². The van der Waals surface area contributed by atoms with Gasteiger partial charge in [-0.1, -0.05) is 12.7 Å². The minimum absolute atomic E-state index is 0.151. The predicted molar refractivity (Wildman–Crippen MR) is 103 cm³/mol. The molecule has 0 bridgehead atoms. The molecule has 0 aliphatic rings. The number of methoxy groups -OCH3 is 2. The van der Waals surface area contributed by atoms with Gasteiger partial charge in [-0.2, -0.15) is 5.10 Å². The van der Waals surface area contributed by atoms with Crippen LogP contribution in [-0.4, -0.2) is 39.6 Å². The van der Waals surface area contributed by atoms with E-state index >= 15 is 0 Å². The molecule has 27 heavy (non-hydrogen) atoms.